The summed E-state index contributed by atoms with van der Waals surface area (Å²) in [6, 6.07) is 0. The van der Waals surface area contributed by atoms with Crippen LogP contribution in [0.5, 0.6) is 0 Å². The summed E-state index contributed by atoms with van der Waals surface area (Å²) in [5, 5.41) is 0. The minimum absolute atomic E-state index is 0. The van der Waals surface area contributed by atoms with Crippen molar-refractivity contribution >= 4 is 13.3 Å². The molecule has 0 aromatic rings. The Morgan fingerprint density at radius 3 is 1.00 bits per heavy atom. The predicted molar refractivity (Wildman–Crippen MR) is 60.8 cm³/mol. The van der Waals surface area contributed by atoms with Gasteiger partial charge in [0, 0.05) is 0 Å². The molecule has 0 unspecified atom stereocenters. The van der Waals surface area contributed by atoms with Gasteiger partial charge in [-0.05, 0) is 0 Å². The average molecular weight is 169 g/mol. The molecule has 72 valence electrons. The van der Waals surface area contributed by atoms with Gasteiger partial charge in [0.05, 0.1) is 2.25 Å². The molecule has 0 aliphatic rings. The number of hydrogen-bond donors (Lipinski definition) is 2. The topological polar surface area (TPSA) is 70.0 Å². The standard InChI is InChI=1S/6CH4.2H3N.H2S/h6*1H4;2*1H3;1H2/i/hTD3. The van der Waals surface area contributed by atoms with Crippen LogP contribution < -0.4 is 12.3 Å². The molecule has 0 aromatic carbocycles. The van der Waals surface area contributed by atoms with Gasteiger partial charge in [-0.1, -0.05) is 44.6 Å². The Morgan fingerprint density at radius 1 is 1.00 bits per heavy atom. The fraction of sp³-hybridized carbons (Fsp3) is 1.00. The van der Waals surface area contributed by atoms with Crippen LogP contribution in [0.15, 0.2) is 0 Å². The van der Waals surface area contributed by atoms with Gasteiger partial charge in [-0.15, -0.1) is 0 Å². The second-order valence-electron chi connectivity index (χ2n) is 0. The molecule has 0 amide bonds. The molecule has 0 fully saturated rings. The SMILES string of the molecule is C.C.C.C.C.C.[2H]N.[2H]N.[2H]S[3H]. The summed E-state index contributed by atoms with van der Waals surface area (Å²) in [6.07, 6.45) is 7.50. The van der Waals surface area contributed by atoms with Gasteiger partial charge in [-0.3, -0.25) is 0 Å². The molecule has 6 N–H and O–H groups in total. The first-order chi connectivity index (χ1) is 3.41. The molecule has 0 aliphatic heterocycles. The molecule has 2 nitrogen and oxygen atoms in total. The largest absolute Gasteiger partial charge is 0.344 e. The lowest BCUT2D eigenvalue weighted by Crippen LogP contribution is -0.482. The molecule has 0 spiro atoms. The van der Waals surface area contributed by atoms with Gasteiger partial charge in [-0.25, -0.2) is 0 Å². The highest BCUT2D eigenvalue weighted by Gasteiger charge is -0.0725. The summed E-state index contributed by atoms with van der Waals surface area (Å²) < 4.78 is 22.1. The van der Waals surface area contributed by atoms with Gasteiger partial charge < -0.3 is 12.3 Å². The summed E-state index contributed by atoms with van der Waals surface area (Å²) in [6.45, 7) is 0. The summed E-state index contributed by atoms with van der Waals surface area (Å²) in [4.78, 5) is 0. The molecule has 9 heavy (non-hydrogen) atoms. The fourth-order valence-electron chi connectivity index (χ4n) is 0. The van der Waals surface area contributed by atoms with E-state index < -0.39 is 0 Å². The predicted octanol–water partition coefficient (Wildman–Crippen LogP) is 4.25. The normalized spacial score (nSPS) is 3.78. The molecule has 0 radical (unpaired) electrons. The monoisotopic (exact) mass is 169 g/mol. The lowest BCUT2D eigenvalue weighted by Gasteiger charge is -0.345. The molecule has 0 saturated heterocycles. The summed E-state index contributed by atoms with van der Waals surface area (Å²) in [5.74, 6) is 0. The molecular formula is C6H32N2S. The molecular weight excluding hydrogens is 132 g/mol. The van der Waals surface area contributed by atoms with Crippen LogP contribution in [0.4, 0.5) is 0 Å². The summed E-state index contributed by atoms with van der Waals surface area (Å²) in [7, 11) is 0. The maximum atomic E-state index is 5.79. The second kappa shape index (κ2) is 6000. The highest BCUT2D eigenvalue weighted by atomic mass is 32.1. The van der Waals surface area contributed by atoms with Crippen molar-refractivity contribution in [3.8, 4) is 0 Å². The summed E-state index contributed by atoms with van der Waals surface area (Å²) >= 11 is 0.250. The zero-order valence-corrected chi connectivity index (χ0v) is 2.38. The van der Waals surface area contributed by atoms with E-state index in [0.29, 0.717) is 0 Å². The van der Waals surface area contributed by atoms with Crippen molar-refractivity contribution in [3.05, 3.63) is 0 Å². The van der Waals surface area contributed by atoms with Crippen LogP contribution in [-0.4, -0.2) is 2.25 Å². The Labute approximate surface area is 76.2 Å². The third-order valence-electron chi connectivity index (χ3n) is 0. The van der Waals surface area contributed by atoms with Crippen molar-refractivity contribution in [1.29, 1.82) is 2.25 Å². The van der Waals surface area contributed by atoms with E-state index in [4.69, 9.17) is 5.07 Å². The second-order valence-corrected chi connectivity index (χ2v) is 0. The van der Waals surface area contributed by atoms with Gasteiger partial charge in [0.15, 0.2) is 0 Å². The third-order valence-corrected chi connectivity index (χ3v) is 0. The molecule has 0 aromatic heterocycles. The number of rotatable bonds is 0. The Balaban J connectivity index is -0.00000000218. The lowest BCUT2D eigenvalue weighted by molar-refractivity contribution is 2.13. The first-order valence-corrected chi connectivity index (χ1v) is 0. The highest BCUT2D eigenvalue weighted by Crippen LogP contribution is 0.648. The van der Waals surface area contributed by atoms with Gasteiger partial charge in [-0.2, -0.15) is 13.3 Å². The Morgan fingerprint density at radius 2 is 1.00 bits per heavy atom. The van der Waals surface area contributed by atoms with Crippen LogP contribution in [0.3, 0.4) is 0 Å². The lowest BCUT2D eigenvalue weighted by atomic mass is 12.0. The van der Waals surface area contributed by atoms with E-state index in [0.717, 1.165) is 0 Å². The molecule has 0 saturated carbocycles. The van der Waals surface area contributed by atoms with Crippen LogP contribution >= 0.6 is 13.3 Å². The fourth-order valence-corrected chi connectivity index (χ4v) is 0. The Bertz CT molecular complexity index is 22.6. The third kappa shape index (κ3) is 4460. The zero-order valence-electron chi connectivity index (χ0n) is 5.56. The average Bonchev–Trinajstić information content (AvgIpc) is 1.78. The van der Waals surface area contributed by atoms with Crippen LogP contribution in [0.1, 0.15) is 44.6 Å². The van der Waals surface area contributed by atoms with Crippen LogP contribution in [0.25, 0.3) is 0 Å². The van der Waals surface area contributed by atoms with Crippen molar-refractivity contribution in [2.24, 2.45) is 0 Å². The van der Waals surface area contributed by atoms with Crippen molar-refractivity contribution in [1.82, 2.24) is 12.3 Å². The van der Waals surface area contributed by atoms with Gasteiger partial charge in [0.1, 0.15) is 2.82 Å². The van der Waals surface area contributed by atoms with Crippen LogP contribution in [0, 0.1) is 0 Å². The molecule has 0 bridgehead atoms. The van der Waals surface area contributed by atoms with E-state index in [2.05, 4.69) is 12.3 Å². The van der Waals surface area contributed by atoms with E-state index in [9.17, 15) is 0 Å². The Kier molecular flexibility index (Phi) is 23200. The molecule has 0 atom stereocenters. The molecule has 0 heterocycles. The van der Waals surface area contributed by atoms with E-state index in [1.807, 2.05) is 0 Å². The zero-order chi connectivity index (χ0) is 6.71. The first-order valence-electron chi connectivity index (χ1n) is 1.97. The van der Waals surface area contributed by atoms with E-state index in [1.165, 1.54) is 0 Å². The van der Waals surface area contributed by atoms with Crippen molar-refractivity contribution < 1.29 is 2.82 Å². The molecule has 3 heteroatoms. The summed E-state index contributed by atoms with van der Waals surface area (Å²) in [5.41, 5.74) is 0. The first kappa shape index (κ1) is 34.8. The maximum Gasteiger partial charge on any atom is 0.115 e. The van der Waals surface area contributed by atoms with Crippen LogP contribution in [-0.2, 0) is 0 Å². The maximum absolute atomic E-state index is 5.79. The van der Waals surface area contributed by atoms with Gasteiger partial charge >= 0.3 is 0 Å². The van der Waals surface area contributed by atoms with E-state index in [1.54, 1.807) is 0 Å². The number of hydrogen-bond acceptors (Lipinski definition) is 2. The van der Waals surface area contributed by atoms with E-state index >= 15 is 0 Å². The molecule has 0 rings (SSSR count). The molecule has 0 aliphatic carbocycles. The Hall–Kier alpha value is 0.270. The minimum atomic E-state index is 0. The smallest absolute Gasteiger partial charge is 0.115 e. The quantitative estimate of drug-likeness (QED) is 0.569. The highest BCUT2D eigenvalue weighted by molar-refractivity contribution is 7.59. The van der Waals surface area contributed by atoms with Gasteiger partial charge in [0.25, 0.3) is 0 Å². The minimum Gasteiger partial charge on any atom is -0.344 e. The van der Waals surface area contributed by atoms with Gasteiger partial charge in [0.2, 0.25) is 0 Å². The van der Waals surface area contributed by atoms with Crippen molar-refractivity contribution in [3.63, 3.8) is 0 Å². The van der Waals surface area contributed by atoms with Crippen molar-refractivity contribution in [2.75, 3.05) is 0 Å². The van der Waals surface area contributed by atoms with Crippen LogP contribution in [0.2, 0.25) is 2.82 Å². The van der Waals surface area contributed by atoms with E-state index in [-0.39, 0.29) is 57.9 Å². The van der Waals surface area contributed by atoms with Crippen molar-refractivity contribution in [2.45, 2.75) is 44.6 Å².